The molecule has 1 saturated heterocycles. The molecule has 6 heteroatoms. The number of ketones is 1. The first kappa shape index (κ1) is 16.8. The quantitative estimate of drug-likeness (QED) is 0.806. The molecule has 1 aliphatic heterocycles. The summed E-state index contributed by atoms with van der Waals surface area (Å²) < 4.78 is 0.801. The van der Waals surface area contributed by atoms with Gasteiger partial charge in [0.2, 0.25) is 11.8 Å². The molecular weight excluding hydrogens is 372 g/mol. The van der Waals surface area contributed by atoms with E-state index in [1.807, 2.05) is 0 Å². The fraction of sp³-hybridized carbons (Fsp3) is 0.444. The van der Waals surface area contributed by atoms with Gasteiger partial charge >= 0.3 is 0 Å². The van der Waals surface area contributed by atoms with Crippen molar-refractivity contribution in [2.24, 2.45) is 11.8 Å². The molecule has 0 aromatic heterocycles. The van der Waals surface area contributed by atoms with Crippen molar-refractivity contribution in [3.63, 3.8) is 0 Å². The van der Waals surface area contributed by atoms with Crippen molar-refractivity contribution < 1.29 is 14.4 Å². The number of fused-ring (bicyclic) bond motifs is 1. The van der Waals surface area contributed by atoms with Crippen LogP contribution in [0.15, 0.2) is 16.6 Å². The van der Waals surface area contributed by atoms with E-state index in [0.29, 0.717) is 36.8 Å². The number of hydrogen-bond donors (Lipinski definition) is 1. The lowest BCUT2D eigenvalue weighted by molar-refractivity contribution is -0.136. The molecule has 1 heterocycles. The summed E-state index contributed by atoms with van der Waals surface area (Å²) in [5.41, 5.74) is 2.08. The standard InChI is InChI=1S/C18H17BrN2O3/c19-15-7-11(9-20)6-14-13(15)5-10(8-16(14)22)1-2-12-3-4-17(23)21-18(12)24/h6-7,10,12H,1-5,8H2,(H,21,23,24). The average molecular weight is 389 g/mol. The minimum absolute atomic E-state index is 0.0577. The van der Waals surface area contributed by atoms with E-state index in [0.717, 1.165) is 22.9 Å². The van der Waals surface area contributed by atoms with Crippen LogP contribution in [0.5, 0.6) is 0 Å². The summed E-state index contributed by atoms with van der Waals surface area (Å²) in [7, 11) is 0. The minimum Gasteiger partial charge on any atom is -0.296 e. The largest absolute Gasteiger partial charge is 0.296 e. The van der Waals surface area contributed by atoms with Crippen molar-refractivity contribution in [3.8, 4) is 6.07 Å². The van der Waals surface area contributed by atoms with Crippen molar-refractivity contribution >= 4 is 33.5 Å². The number of nitriles is 1. The maximum absolute atomic E-state index is 12.4. The summed E-state index contributed by atoms with van der Waals surface area (Å²) in [5, 5.41) is 11.4. The Morgan fingerprint density at radius 2 is 2.00 bits per heavy atom. The van der Waals surface area contributed by atoms with Crippen LogP contribution < -0.4 is 5.32 Å². The molecule has 3 rings (SSSR count). The van der Waals surface area contributed by atoms with Crippen LogP contribution in [0.3, 0.4) is 0 Å². The number of carbonyl (C=O) groups excluding carboxylic acids is 3. The van der Waals surface area contributed by atoms with Gasteiger partial charge in [-0.1, -0.05) is 15.9 Å². The van der Waals surface area contributed by atoms with Crippen LogP contribution in [0.25, 0.3) is 0 Å². The number of piperidine rings is 1. The van der Waals surface area contributed by atoms with E-state index >= 15 is 0 Å². The van der Waals surface area contributed by atoms with Gasteiger partial charge in [-0.05, 0) is 49.3 Å². The smallest absolute Gasteiger partial charge is 0.229 e. The molecule has 1 aromatic rings. The van der Waals surface area contributed by atoms with E-state index in [9.17, 15) is 14.4 Å². The van der Waals surface area contributed by atoms with Gasteiger partial charge in [0.25, 0.3) is 0 Å². The first-order chi connectivity index (χ1) is 11.5. The first-order valence-electron chi connectivity index (χ1n) is 8.07. The number of nitrogens with zero attached hydrogens (tertiary/aromatic N) is 1. The summed E-state index contributed by atoms with van der Waals surface area (Å²) in [4.78, 5) is 35.4. The highest BCUT2D eigenvalue weighted by molar-refractivity contribution is 9.10. The van der Waals surface area contributed by atoms with E-state index < -0.39 is 0 Å². The molecule has 1 N–H and O–H groups in total. The van der Waals surface area contributed by atoms with E-state index in [1.165, 1.54) is 0 Å². The van der Waals surface area contributed by atoms with E-state index in [-0.39, 0.29) is 29.4 Å². The van der Waals surface area contributed by atoms with E-state index in [2.05, 4.69) is 27.3 Å². The molecule has 2 unspecified atom stereocenters. The van der Waals surface area contributed by atoms with Crippen molar-refractivity contribution in [3.05, 3.63) is 33.3 Å². The van der Waals surface area contributed by atoms with E-state index in [1.54, 1.807) is 12.1 Å². The van der Waals surface area contributed by atoms with Gasteiger partial charge in [0.15, 0.2) is 5.78 Å². The minimum atomic E-state index is -0.199. The zero-order valence-corrected chi connectivity index (χ0v) is 14.7. The highest BCUT2D eigenvalue weighted by atomic mass is 79.9. The maximum atomic E-state index is 12.4. The first-order valence-corrected chi connectivity index (χ1v) is 8.86. The number of halogens is 1. The van der Waals surface area contributed by atoms with Crippen LogP contribution in [0.1, 0.15) is 53.6 Å². The predicted molar refractivity (Wildman–Crippen MR) is 90.1 cm³/mol. The molecule has 1 aliphatic carbocycles. The van der Waals surface area contributed by atoms with Crippen molar-refractivity contribution in [2.45, 2.75) is 38.5 Å². The fourth-order valence-corrected chi connectivity index (χ4v) is 4.17. The van der Waals surface area contributed by atoms with Gasteiger partial charge in [0.05, 0.1) is 11.6 Å². The molecule has 1 fully saturated rings. The molecule has 124 valence electrons. The number of amides is 2. The van der Waals surface area contributed by atoms with Gasteiger partial charge < -0.3 is 0 Å². The van der Waals surface area contributed by atoms with E-state index in [4.69, 9.17) is 5.26 Å². The Kier molecular flexibility index (Phi) is 4.81. The second-order valence-corrected chi connectivity index (χ2v) is 7.37. The van der Waals surface area contributed by atoms with Gasteiger partial charge in [-0.2, -0.15) is 5.26 Å². The van der Waals surface area contributed by atoms with Crippen molar-refractivity contribution in [1.82, 2.24) is 5.32 Å². The molecule has 24 heavy (non-hydrogen) atoms. The van der Waals surface area contributed by atoms with Crippen LogP contribution in [-0.4, -0.2) is 17.6 Å². The number of nitrogens with one attached hydrogen (secondary N) is 1. The lowest BCUT2D eigenvalue weighted by Crippen LogP contribution is -2.40. The Balaban J connectivity index is 1.68. The Hall–Kier alpha value is -2.00. The maximum Gasteiger partial charge on any atom is 0.229 e. The van der Waals surface area contributed by atoms with Crippen LogP contribution in [0.4, 0.5) is 0 Å². The summed E-state index contributed by atoms with van der Waals surface area (Å²) >= 11 is 3.47. The molecule has 0 saturated carbocycles. The molecule has 0 bridgehead atoms. The number of hydrogen-bond acceptors (Lipinski definition) is 4. The topological polar surface area (TPSA) is 87.0 Å². The second-order valence-electron chi connectivity index (χ2n) is 6.52. The third-order valence-corrected chi connectivity index (χ3v) is 5.58. The highest BCUT2D eigenvalue weighted by Gasteiger charge is 2.30. The molecular formula is C18H17BrN2O3. The molecule has 1 aromatic carbocycles. The molecule has 5 nitrogen and oxygen atoms in total. The lowest BCUT2D eigenvalue weighted by Gasteiger charge is -2.27. The van der Waals surface area contributed by atoms with Crippen LogP contribution >= 0.6 is 15.9 Å². The number of benzene rings is 1. The molecule has 0 spiro atoms. The summed E-state index contributed by atoms with van der Waals surface area (Å²) in [5.74, 6) is -0.269. The normalized spacial score (nSPS) is 23.4. The monoisotopic (exact) mass is 388 g/mol. The van der Waals surface area contributed by atoms with Crippen LogP contribution in [0, 0.1) is 23.2 Å². The Bertz CT molecular complexity index is 766. The summed E-state index contributed by atoms with van der Waals surface area (Å²) in [6.07, 6.45) is 3.68. The van der Waals surface area contributed by atoms with Crippen LogP contribution in [0.2, 0.25) is 0 Å². The number of carbonyl (C=O) groups is 3. The number of Topliss-reactive ketones (excluding diaryl/α,β-unsaturated/α-hetero) is 1. The van der Waals surface area contributed by atoms with Crippen molar-refractivity contribution in [2.75, 3.05) is 0 Å². The fourth-order valence-electron chi connectivity index (χ4n) is 3.55. The SMILES string of the molecule is N#Cc1cc(Br)c2c(c1)C(=O)CC(CCC1CCC(=O)NC1=O)C2. The molecule has 2 amide bonds. The Morgan fingerprint density at radius 3 is 2.71 bits per heavy atom. The third-order valence-electron chi connectivity index (χ3n) is 4.87. The number of imide groups is 1. The molecule has 0 radical (unpaired) electrons. The highest BCUT2D eigenvalue weighted by Crippen LogP contribution is 2.35. The second kappa shape index (κ2) is 6.86. The molecule has 2 atom stereocenters. The Morgan fingerprint density at radius 1 is 1.21 bits per heavy atom. The predicted octanol–water partition coefficient (Wildman–Crippen LogP) is 2.90. The van der Waals surface area contributed by atoms with Gasteiger partial charge in [0.1, 0.15) is 0 Å². The van der Waals surface area contributed by atoms with Gasteiger partial charge in [0, 0.05) is 28.8 Å². The van der Waals surface area contributed by atoms with Gasteiger partial charge in [-0.25, -0.2) is 0 Å². The summed E-state index contributed by atoms with van der Waals surface area (Å²) in [6.45, 7) is 0. The van der Waals surface area contributed by atoms with Crippen LogP contribution in [-0.2, 0) is 16.0 Å². The average Bonchev–Trinajstić information content (AvgIpc) is 2.54. The molecule has 2 aliphatic rings. The Labute approximate surface area is 148 Å². The zero-order chi connectivity index (χ0) is 17.3. The summed E-state index contributed by atoms with van der Waals surface area (Å²) in [6, 6.07) is 5.48. The number of rotatable bonds is 3. The zero-order valence-electron chi connectivity index (χ0n) is 13.1. The van der Waals surface area contributed by atoms with Gasteiger partial charge in [-0.3, -0.25) is 19.7 Å². The van der Waals surface area contributed by atoms with Gasteiger partial charge in [-0.15, -0.1) is 0 Å². The lowest BCUT2D eigenvalue weighted by atomic mass is 9.78. The third kappa shape index (κ3) is 3.41. The van der Waals surface area contributed by atoms with Crippen molar-refractivity contribution in [1.29, 1.82) is 5.26 Å².